The third-order valence-corrected chi connectivity index (χ3v) is 6.00. The van der Waals surface area contributed by atoms with Crippen LogP contribution in [0.25, 0.3) is 10.9 Å². The van der Waals surface area contributed by atoms with Gasteiger partial charge >= 0.3 is 6.03 Å². The number of amides is 2. The summed E-state index contributed by atoms with van der Waals surface area (Å²) >= 11 is 0. The van der Waals surface area contributed by atoms with Crippen LogP contribution in [0.5, 0.6) is 5.75 Å². The molecule has 144 valence electrons. The topological polar surface area (TPSA) is 79.0 Å². The Kier molecular flexibility index (Phi) is 4.00. The summed E-state index contributed by atoms with van der Waals surface area (Å²) in [4.78, 5) is 12.9. The van der Waals surface area contributed by atoms with Gasteiger partial charge in [-0.05, 0) is 50.8 Å². The normalized spacial score (nSPS) is 20.0. The predicted octanol–water partition coefficient (Wildman–Crippen LogP) is 4.83. The second-order valence-electron chi connectivity index (χ2n) is 8.03. The number of urea groups is 1. The smallest absolute Gasteiger partial charge is 0.319 e. The van der Waals surface area contributed by atoms with Crippen LogP contribution in [0.1, 0.15) is 49.3 Å². The number of anilines is 1. The lowest BCUT2D eigenvalue weighted by Crippen LogP contribution is -2.44. The number of carbonyl (C=O) groups excluding carboxylic acids is 1. The quantitative estimate of drug-likeness (QED) is 0.599. The molecule has 3 aromatic rings. The lowest BCUT2D eigenvalue weighted by molar-refractivity contribution is 0.0387. The molecule has 6 heteroatoms. The molecule has 2 aliphatic rings. The average Bonchev–Trinajstić information content (AvgIpc) is 3.32. The number of ether oxygens (including phenoxy) is 1. The number of hydrogen-bond donors (Lipinski definition) is 3. The summed E-state index contributed by atoms with van der Waals surface area (Å²) in [7, 11) is 0. The summed E-state index contributed by atoms with van der Waals surface area (Å²) in [5, 5.41) is 14.1. The van der Waals surface area contributed by atoms with Crippen molar-refractivity contribution in [1.29, 1.82) is 0 Å². The van der Waals surface area contributed by atoms with E-state index in [0.29, 0.717) is 0 Å². The Morgan fingerprint density at radius 3 is 2.96 bits per heavy atom. The highest BCUT2D eigenvalue weighted by molar-refractivity contribution is 6.00. The fourth-order valence-electron chi connectivity index (χ4n) is 4.64. The summed E-state index contributed by atoms with van der Waals surface area (Å²) in [5.41, 5.74) is 3.73. The van der Waals surface area contributed by atoms with E-state index in [9.17, 15) is 4.79 Å². The first kappa shape index (κ1) is 17.1. The highest BCUT2D eigenvalue weighted by Gasteiger charge is 2.43. The van der Waals surface area contributed by atoms with Gasteiger partial charge in [0.2, 0.25) is 0 Å². The van der Waals surface area contributed by atoms with Crippen molar-refractivity contribution in [2.45, 2.75) is 50.7 Å². The van der Waals surface area contributed by atoms with Crippen molar-refractivity contribution in [3.8, 4) is 5.75 Å². The first-order chi connectivity index (χ1) is 13.6. The summed E-state index contributed by atoms with van der Waals surface area (Å²) in [5.74, 6) is 0.904. The van der Waals surface area contributed by atoms with E-state index in [4.69, 9.17) is 4.74 Å². The van der Waals surface area contributed by atoms with Gasteiger partial charge in [0.15, 0.2) is 0 Å². The fraction of sp³-hybridized carbons (Fsp3) is 0.364. The molecule has 0 bridgehead atoms. The molecule has 1 aliphatic heterocycles. The molecule has 6 nitrogen and oxygen atoms in total. The number of carbonyl (C=O) groups is 1. The van der Waals surface area contributed by atoms with Crippen molar-refractivity contribution in [3.05, 3.63) is 53.7 Å². The number of hydrogen-bond acceptors (Lipinski definition) is 3. The number of nitrogens with one attached hydrogen (secondary N) is 3. The first-order valence-electron chi connectivity index (χ1n) is 9.91. The largest absolute Gasteiger partial charge is 0.487 e. The van der Waals surface area contributed by atoms with E-state index in [0.717, 1.165) is 47.2 Å². The Morgan fingerprint density at radius 2 is 2.11 bits per heavy atom. The third kappa shape index (κ3) is 2.99. The minimum absolute atomic E-state index is 0.0645. The van der Waals surface area contributed by atoms with Crippen molar-refractivity contribution in [1.82, 2.24) is 15.5 Å². The maximum atomic E-state index is 12.9. The highest BCUT2D eigenvalue weighted by atomic mass is 16.5. The van der Waals surface area contributed by atoms with Gasteiger partial charge in [-0.1, -0.05) is 23.8 Å². The monoisotopic (exact) mass is 376 g/mol. The second kappa shape index (κ2) is 6.55. The Bertz CT molecular complexity index is 1040. The van der Waals surface area contributed by atoms with Crippen LogP contribution in [-0.4, -0.2) is 21.8 Å². The molecule has 1 unspecified atom stereocenters. The van der Waals surface area contributed by atoms with Gasteiger partial charge < -0.3 is 15.4 Å². The standard InChI is InChI=1S/C22H24N4O2/c1-14-7-8-20-15(11-14)19(12-22(28-20)9-2-3-10-22)25-21(27)24-17-5-4-6-18-16(17)13-23-26-18/h4-8,11,13,19H,2-3,9-10,12H2,1H3,(H,23,26)(H2,24,25,27). The van der Waals surface area contributed by atoms with E-state index < -0.39 is 0 Å². The van der Waals surface area contributed by atoms with Gasteiger partial charge in [0.25, 0.3) is 0 Å². The molecule has 2 aromatic carbocycles. The molecule has 28 heavy (non-hydrogen) atoms. The number of aryl methyl sites for hydroxylation is 1. The molecule has 5 rings (SSSR count). The molecule has 2 heterocycles. The lowest BCUT2D eigenvalue weighted by atomic mass is 9.85. The fourth-order valence-corrected chi connectivity index (χ4v) is 4.64. The molecule has 1 aromatic heterocycles. The maximum absolute atomic E-state index is 12.9. The van der Waals surface area contributed by atoms with Crippen molar-refractivity contribution in [2.75, 3.05) is 5.32 Å². The van der Waals surface area contributed by atoms with Crippen LogP contribution < -0.4 is 15.4 Å². The van der Waals surface area contributed by atoms with Crippen molar-refractivity contribution in [3.63, 3.8) is 0 Å². The predicted molar refractivity (Wildman–Crippen MR) is 109 cm³/mol. The van der Waals surface area contributed by atoms with Gasteiger partial charge in [-0.2, -0.15) is 5.10 Å². The Labute approximate surface area is 163 Å². The van der Waals surface area contributed by atoms with Gasteiger partial charge in [-0.3, -0.25) is 5.10 Å². The molecule has 2 amide bonds. The van der Waals surface area contributed by atoms with Crippen LogP contribution in [-0.2, 0) is 0 Å². The lowest BCUT2D eigenvalue weighted by Gasteiger charge is -2.40. The highest BCUT2D eigenvalue weighted by Crippen LogP contribution is 2.47. The second-order valence-corrected chi connectivity index (χ2v) is 8.03. The Hall–Kier alpha value is -3.02. The van der Waals surface area contributed by atoms with Crippen molar-refractivity contribution < 1.29 is 9.53 Å². The summed E-state index contributed by atoms with van der Waals surface area (Å²) in [6.45, 7) is 2.07. The summed E-state index contributed by atoms with van der Waals surface area (Å²) in [6.07, 6.45) is 7.01. The van der Waals surface area contributed by atoms with Crippen LogP contribution >= 0.6 is 0 Å². The SMILES string of the molecule is Cc1ccc2c(c1)C(NC(=O)Nc1cccc3[nH]ncc13)CC1(CCCC1)O2. The molecule has 0 radical (unpaired) electrons. The zero-order valence-electron chi connectivity index (χ0n) is 15.9. The number of nitrogens with zero attached hydrogens (tertiary/aromatic N) is 1. The Balaban J connectivity index is 1.41. The zero-order valence-corrected chi connectivity index (χ0v) is 15.9. The van der Waals surface area contributed by atoms with Gasteiger partial charge in [0.1, 0.15) is 11.4 Å². The maximum Gasteiger partial charge on any atom is 0.319 e. The number of H-pyrrole nitrogens is 1. The number of aromatic amines is 1. The molecular formula is C22H24N4O2. The van der Waals surface area contributed by atoms with Gasteiger partial charge in [0, 0.05) is 17.4 Å². The number of rotatable bonds is 2. The van der Waals surface area contributed by atoms with Crippen LogP contribution in [0.2, 0.25) is 0 Å². The van der Waals surface area contributed by atoms with E-state index >= 15 is 0 Å². The Morgan fingerprint density at radius 1 is 1.25 bits per heavy atom. The molecule has 1 fully saturated rings. The van der Waals surface area contributed by atoms with Crippen LogP contribution in [0, 0.1) is 6.92 Å². The van der Waals surface area contributed by atoms with Crippen LogP contribution in [0.3, 0.4) is 0 Å². The summed E-state index contributed by atoms with van der Waals surface area (Å²) in [6, 6.07) is 11.7. The molecule has 0 saturated heterocycles. The number of benzene rings is 2. The molecule has 1 atom stereocenters. The van der Waals surface area contributed by atoms with Gasteiger partial charge in [0.05, 0.1) is 23.4 Å². The van der Waals surface area contributed by atoms with E-state index in [1.165, 1.54) is 18.4 Å². The molecule has 1 saturated carbocycles. The van der Waals surface area contributed by atoms with E-state index in [1.54, 1.807) is 6.20 Å². The number of aromatic nitrogens is 2. The van der Waals surface area contributed by atoms with E-state index in [1.807, 2.05) is 24.3 Å². The van der Waals surface area contributed by atoms with Gasteiger partial charge in [-0.25, -0.2) is 4.79 Å². The molecular weight excluding hydrogens is 352 g/mol. The van der Waals surface area contributed by atoms with E-state index in [2.05, 4.69) is 39.9 Å². The third-order valence-electron chi connectivity index (χ3n) is 6.00. The minimum atomic E-state index is -0.207. The van der Waals surface area contributed by atoms with Crippen LogP contribution in [0.15, 0.2) is 42.6 Å². The minimum Gasteiger partial charge on any atom is -0.487 e. The van der Waals surface area contributed by atoms with E-state index in [-0.39, 0.29) is 17.7 Å². The molecule has 1 aliphatic carbocycles. The van der Waals surface area contributed by atoms with Crippen molar-refractivity contribution in [2.24, 2.45) is 0 Å². The van der Waals surface area contributed by atoms with Crippen molar-refractivity contribution >= 4 is 22.6 Å². The van der Waals surface area contributed by atoms with Gasteiger partial charge in [-0.15, -0.1) is 0 Å². The summed E-state index contributed by atoms with van der Waals surface area (Å²) < 4.78 is 6.43. The van der Waals surface area contributed by atoms with Crippen LogP contribution in [0.4, 0.5) is 10.5 Å². The first-order valence-corrected chi connectivity index (χ1v) is 9.91. The molecule has 3 N–H and O–H groups in total. The average molecular weight is 376 g/mol. The zero-order chi connectivity index (χ0) is 19.1. The molecule has 1 spiro atoms. The number of fused-ring (bicyclic) bond motifs is 2.